The number of hydrogen-bond donors (Lipinski definition) is 2. The highest BCUT2D eigenvalue weighted by atomic mass is 19.4. The topological polar surface area (TPSA) is 141 Å². The Hall–Kier alpha value is -4.54. The van der Waals surface area contributed by atoms with Crippen LogP contribution < -0.4 is 10.2 Å². The highest BCUT2D eigenvalue weighted by molar-refractivity contribution is 5.92. The van der Waals surface area contributed by atoms with E-state index < -0.39 is 29.6 Å². The molecule has 194 valence electrons. The maximum Gasteiger partial charge on any atom is 0.408 e. The molecule has 1 atom stereocenters. The molecule has 1 unspecified atom stereocenters. The van der Waals surface area contributed by atoms with Gasteiger partial charge in [0.1, 0.15) is 35.1 Å². The summed E-state index contributed by atoms with van der Waals surface area (Å²) >= 11 is 0. The number of nitrogens with one attached hydrogen (secondary N) is 2. The molecule has 2 N–H and O–H groups in total. The molecule has 38 heavy (non-hydrogen) atoms. The van der Waals surface area contributed by atoms with E-state index in [1.807, 2.05) is 22.5 Å². The van der Waals surface area contributed by atoms with E-state index >= 15 is 0 Å². The van der Waals surface area contributed by atoms with Crippen LogP contribution in [0.15, 0.2) is 43.4 Å². The van der Waals surface area contributed by atoms with Crippen molar-refractivity contribution in [2.24, 2.45) is 5.92 Å². The Balaban J connectivity index is 1.16. The number of alkyl halides is 3. The fourth-order valence-electron chi connectivity index (χ4n) is 4.83. The Labute approximate surface area is 213 Å². The van der Waals surface area contributed by atoms with E-state index in [1.54, 1.807) is 17.1 Å². The zero-order chi connectivity index (χ0) is 26.5. The first-order valence-electron chi connectivity index (χ1n) is 11.9. The number of hydrogen-bond acceptors (Lipinski definition) is 8. The molecule has 1 saturated carbocycles. The van der Waals surface area contributed by atoms with Gasteiger partial charge in [-0.15, -0.1) is 0 Å². The summed E-state index contributed by atoms with van der Waals surface area (Å²) in [6, 6.07) is 2.23. The number of carbonyl (C=O) groups excluding carboxylic acids is 1. The second-order valence-corrected chi connectivity index (χ2v) is 9.64. The molecule has 1 saturated heterocycles. The predicted octanol–water partition coefficient (Wildman–Crippen LogP) is 2.81. The number of anilines is 1. The smallest absolute Gasteiger partial charge is 0.350 e. The first kappa shape index (κ1) is 23.8. The first-order chi connectivity index (χ1) is 18.3. The average Bonchev–Trinajstić information content (AvgIpc) is 3.37. The van der Waals surface area contributed by atoms with E-state index in [0.29, 0.717) is 37.4 Å². The molecule has 1 aliphatic heterocycles. The van der Waals surface area contributed by atoms with E-state index in [2.05, 4.69) is 36.1 Å². The van der Waals surface area contributed by atoms with Crippen molar-refractivity contribution in [1.29, 1.82) is 5.26 Å². The molecule has 1 aliphatic carbocycles. The van der Waals surface area contributed by atoms with Crippen LogP contribution in [0.3, 0.4) is 0 Å². The summed E-state index contributed by atoms with van der Waals surface area (Å²) in [7, 11) is 0. The van der Waals surface area contributed by atoms with E-state index in [9.17, 15) is 23.2 Å². The van der Waals surface area contributed by atoms with Gasteiger partial charge in [-0.1, -0.05) is 0 Å². The molecule has 0 radical (unpaired) electrons. The van der Waals surface area contributed by atoms with Crippen molar-refractivity contribution in [1.82, 2.24) is 40.0 Å². The van der Waals surface area contributed by atoms with E-state index in [0.717, 1.165) is 16.6 Å². The third-order valence-electron chi connectivity index (χ3n) is 7.00. The normalized spacial score (nSPS) is 17.6. The van der Waals surface area contributed by atoms with Crippen molar-refractivity contribution in [2.45, 2.75) is 37.0 Å². The highest BCUT2D eigenvalue weighted by Gasteiger charge is 2.50. The van der Waals surface area contributed by atoms with Gasteiger partial charge in [0, 0.05) is 36.4 Å². The van der Waals surface area contributed by atoms with Gasteiger partial charge in [0.15, 0.2) is 0 Å². The molecule has 4 aromatic heterocycles. The number of amides is 1. The van der Waals surface area contributed by atoms with Crippen molar-refractivity contribution in [3.8, 4) is 17.3 Å². The summed E-state index contributed by atoms with van der Waals surface area (Å²) in [4.78, 5) is 34.2. The standard InChI is InChI=1S/C24H21F3N10O/c25-24(26,27)20(14-1-2-14)35-22(38)17-8-31-18(9-30-17)36-11-23(12-36,4-5-28)37-10-15(7-34-37)19-16-3-6-29-21(16)33-13-32-19/h3,6-10,13-14,20H,1-2,4,11-12H2,(H,35,38)(H,29,32,33). The van der Waals surface area contributed by atoms with Gasteiger partial charge >= 0.3 is 6.18 Å². The van der Waals surface area contributed by atoms with Crippen LogP contribution >= 0.6 is 0 Å². The number of carbonyl (C=O) groups is 1. The van der Waals surface area contributed by atoms with Crippen LogP contribution in [-0.4, -0.2) is 65.9 Å². The minimum atomic E-state index is -4.51. The SMILES string of the molecule is N#CCC1(n2cc(-c3ncnc4[nH]ccc34)cn2)CN(c2cnc(C(=O)NC(C3CC3)C(F)(F)F)cn2)C1. The second kappa shape index (κ2) is 8.79. The number of H-pyrrole nitrogens is 1. The molecule has 11 nitrogen and oxygen atoms in total. The number of halogens is 3. The van der Waals surface area contributed by atoms with Crippen LogP contribution in [-0.2, 0) is 5.54 Å². The van der Waals surface area contributed by atoms with E-state index in [-0.39, 0.29) is 12.1 Å². The average molecular weight is 522 g/mol. The molecule has 4 aromatic rings. The number of aromatic nitrogens is 7. The van der Waals surface area contributed by atoms with Crippen molar-refractivity contribution in [3.63, 3.8) is 0 Å². The van der Waals surface area contributed by atoms with Crippen LogP contribution in [0.5, 0.6) is 0 Å². The van der Waals surface area contributed by atoms with Crippen molar-refractivity contribution < 1.29 is 18.0 Å². The lowest BCUT2D eigenvalue weighted by Crippen LogP contribution is -2.63. The minimum Gasteiger partial charge on any atom is -0.350 e. The van der Waals surface area contributed by atoms with Crippen molar-refractivity contribution in [2.75, 3.05) is 18.0 Å². The Morgan fingerprint density at radius 1 is 1.21 bits per heavy atom. The van der Waals surface area contributed by atoms with E-state index in [1.165, 1.54) is 18.7 Å². The predicted molar refractivity (Wildman–Crippen MR) is 128 cm³/mol. The van der Waals surface area contributed by atoms with Crippen molar-refractivity contribution in [3.05, 3.63) is 49.1 Å². The zero-order valence-electron chi connectivity index (χ0n) is 19.9. The number of rotatable bonds is 7. The molecule has 14 heteroatoms. The molecule has 6 rings (SSSR count). The summed E-state index contributed by atoms with van der Waals surface area (Å²) in [5.41, 5.74) is 1.41. The molecule has 2 fully saturated rings. The lowest BCUT2D eigenvalue weighted by molar-refractivity contribution is -0.158. The molecule has 0 spiro atoms. The third-order valence-corrected chi connectivity index (χ3v) is 7.00. The quantitative estimate of drug-likeness (QED) is 0.378. The lowest BCUT2D eigenvalue weighted by atomic mass is 9.87. The summed E-state index contributed by atoms with van der Waals surface area (Å²) in [6.45, 7) is 0.812. The maximum atomic E-state index is 13.2. The largest absolute Gasteiger partial charge is 0.408 e. The molecular formula is C24H21F3N10O. The van der Waals surface area contributed by atoms with Gasteiger partial charge in [-0.3, -0.25) is 9.48 Å². The highest BCUT2D eigenvalue weighted by Crippen LogP contribution is 2.40. The summed E-state index contributed by atoms with van der Waals surface area (Å²) < 4.78 is 41.5. The van der Waals surface area contributed by atoms with E-state index in [4.69, 9.17) is 0 Å². The monoisotopic (exact) mass is 522 g/mol. The van der Waals surface area contributed by atoms with Gasteiger partial charge in [0.2, 0.25) is 0 Å². The van der Waals surface area contributed by atoms with Crippen LogP contribution in [0.1, 0.15) is 29.8 Å². The third kappa shape index (κ3) is 4.19. The van der Waals surface area contributed by atoms with Crippen LogP contribution in [0.25, 0.3) is 22.3 Å². The van der Waals surface area contributed by atoms with Gasteiger partial charge in [0.05, 0.1) is 36.8 Å². The van der Waals surface area contributed by atoms with Crippen molar-refractivity contribution >= 4 is 22.8 Å². The minimum absolute atomic E-state index is 0.190. The fraction of sp³-hybridized carbons (Fsp3) is 0.375. The molecular weight excluding hydrogens is 501 g/mol. The number of fused-ring (bicyclic) bond motifs is 1. The molecule has 0 aromatic carbocycles. The maximum absolute atomic E-state index is 13.2. The van der Waals surface area contributed by atoms with Crippen LogP contribution in [0, 0.1) is 17.2 Å². The van der Waals surface area contributed by atoms with Gasteiger partial charge in [0.25, 0.3) is 5.91 Å². The molecule has 2 aliphatic rings. The summed E-state index contributed by atoms with van der Waals surface area (Å²) in [5.74, 6) is -1.06. The second-order valence-electron chi connectivity index (χ2n) is 9.64. The van der Waals surface area contributed by atoms with Gasteiger partial charge in [-0.25, -0.2) is 19.9 Å². The zero-order valence-corrected chi connectivity index (χ0v) is 19.9. The Kier molecular flexibility index (Phi) is 5.51. The van der Waals surface area contributed by atoms with Gasteiger partial charge in [-0.2, -0.15) is 23.5 Å². The summed E-state index contributed by atoms with van der Waals surface area (Å²) in [6.07, 6.45) is 5.86. The molecule has 1 amide bonds. The molecule has 0 bridgehead atoms. The number of nitriles is 1. The number of aromatic amines is 1. The Morgan fingerprint density at radius 3 is 2.71 bits per heavy atom. The first-order valence-corrected chi connectivity index (χ1v) is 11.9. The number of nitrogens with zero attached hydrogens (tertiary/aromatic N) is 8. The van der Waals surface area contributed by atoms with Crippen LogP contribution in [0.2, 0.25) is 0 Å². The Morgan fingerprint density at radius 2 is 2.03 bits per heavy atom. The van der Waals surface area contributed by atoms with Gasteiger partial charge in [-0.05, 0) is 24.8 Å². The van der Waals surface area contributed by atoms with Crippen LogP contribution in [0.4, 0.5) is 19.0 Å². The summed E-state index contributed by atoms with van der Waals surface area (Å²) in [5, 5.41) is 16.9. The van der Waals surface area contributed by atoms with Gasteiger partial charge < -0.3 is 15.2 Å². The molecule has 5 heterocycles. The fourth-order valence-corrected chi connectivity index (χ4v) is 4.83. The lowest BCUT2D eigenvalue weighted by Gasteiger charge is -2.49. The Bertz CT molecular complexity index is 1530.